The van der Waals surface area contributed by atoms with Crippen LogP contribution in [0, 0.1) is 0 Å². The largest absolute Gasteiger partial charge is 0.245 e. The van der Waals surface area contributed by atoms with Gasteiger partial charge < -0.3 is 0 Å². The van der Waals surface area contributed by atoms with Gasteiger partial charge in [0.05, 0.1) is 16.9 Å². The van der Waals surface area contributed by atoms with Crippen molar-refractivity contribution in [2.45, 2.75) is 0 Å². The average Bonchev–Trinajstić information content (AvgIpc) is 3.37. The molecule has 11 rings (SSSR count). The molecule has 0 N–H and O–H groups in total. The van der Waals surface area contributed by atoms with E-state index in [1.807, 2.05) is 60.7 Å². The molecule has 6 heteroatoms. The van der Waals surface area contributed by atoms with Crippen molar-refractivity contribution >= 4 is 21.8 Å². The van der Waals surface area contributed by atoms with Crippen LogP contribution in [0.15, 0.2) is 218 Å². The van der Waals surface area contributed by atoms with Gasteiger partial charge in [-0.15, -0.1) is 0 Å². The Labute approximate surface area is 359 Å². The summed E-state index contributed by atoms with van der Waals surface area (Å²) >= 11 is 0. The summed E-state index contributed by atoms with van der Waals surface area (Å²) in [6.07, 6.45) is 0. The first-order chi connectivity index (χ1) is 30.7. The Bertz CT molecular complexity index is 3270. The fourth-order valence-electron chi connectivity index (χ4n) is 7.96. The van der Waals surface area contributed by atoms with Gasteiger partial charge >= 0.3 is 0 Å². The smallest absolute Gasteiger partial charge is 0.164 e. The lowest BCUT2D eigenvalue weighted by Crippen LogP contribution is -2.01. The van der Waals surface area contributed by atoms with Crippen LogP contribution in [-0.4, -0.2) is 29.9 Å². The van der Waals surface area contributed by atoms with Crippen molar-refractivity contribution in [3.05, 3.63) is 218 Å². The minimum atomic E-state index is 0.569. The maximum Gasteiger partial charge on any atom is 0.164 e. The number of nitrogens with zero attached hydrogens (tertiary/aromatic N) is 6. The lowest BCUT2D eigenvalue weighted by Gasteiger charge is -2.13. The highest BCUT2D eigenvalue weighted by atomic mass is 15.0. The van der Waals surface area contributed by atoms with Crippen LogP contribution in [0.5, 0.6) is 0 Å². The van der Waals surface area contributed by atoms with Gasteiger partial charge in [-0.2, -0.15) is 0 Å². The van der Waals surface area contributed by atoms with E-state index in [-0.39, 0.29) is 0 Å². The number of hydrogen-bond acceptors (Lipinski definition) is 6. The van der Waals surface area contributed by atoms with E-state index in [1.54, 1.807) is 0 Å². The topological polar surface area (TPSA) is 77.3 Å². The van der Waals surface area contributed by atoms with Crippen molar-refractivity contribution in [1.82, 2.24) is 29.9 Å². The molecule has 0 aliphatic carbocycles. The van der Waals surface area contributed by atoms with Gasteiger partial charge in [-0.05, 0) is 46.5 Å². The van der Waals surface area contributed by atoms with Gasteiger partial charge in [0.15, 0.2) is 23.3 Å². The highest BCUT2D eigenvalue weighted by molar-refractivity contribution is 6.08. The molecule has 0 saturated heterocycles. The third kappa shape index (κ3) is 7.16. The van der Waals surface area contributed by atoms with Crippen molar-refractivity contribution in [3.63, 3.8) is 0 Å². The summed E-state index contributed by atoms with van der Waals surface area (Å²) in [4.78, 5) is 31.0. The van der Waals surface area contributed by atoms with Gasteiger partial charge in [-0.25, -0.2) is 29.9 Å². The maximum absolute atomic E-state index is 5.26. The summed E-state index contributed by atoms with van der Waals surface area (Å²) in [5, 5.41) is 1.96. The lowest BCUT2D eigenvalue weighted by molar-refractivity contribution is 1.07. The van der Waals surface area contributed by atoms with Gasteiger partial charge in [-0.3, -0.25) is 0 Å². The molecule has 0 amide bonds. The molecule has 0 saturated carbocycles. The zero-order valence-corrected chi connectivity index (χ0v) is 33.5. The second-order valence-corrected chi connectivity index (χ2v) is 15.1. The number of rotatable bonds is 8. The van der Waals surface area contributed by atoms with Gasteiger partial charge in [-0.1, -0.05) is 194 Å². The van der Waals surface area contributed by atoms with Crippen LogP contribution >= 0.6 is 0 Å². The predicted molar refractivity (Wildman–Crippen MR) is 252 cm³/mol. The molecule has 0 bridgehead atoms. The van der Waals surface area contributed by atoms with Gasteiger partial charge in [0.1, 0.15) is 5.52 Å². The first-order valence-corrected chi connectivity index (χ1v) is 20.6. The van der Waals surface area contributed by atoms with Crippen molar-refractivity contribution < 1.29 is 0 Å². The second kappa shape index (κ2) is 15.9. The Hall–Kier alpha value is -8.48. The van der Waals surface area contributed by atoms with Gasteiger partial charge in [0, 0.05) is 44.2 Å². The highest BCUT2D eigenvalue weighted by Crippen LogP contribution is 2.35. The van der Waals surface area contributed by atoms with E-state index >= 15 is 0 Å². The molecular formula is C56H36N6. The predicted octanol–water partition coefficient (Wildman–Crippen LogP) is 13.7. The number of hydrogen-bond donors (Lipinski definition) is 0. The Balaban J connectivity index is 1.04. The number of pyridine rings is 1. The fraction of sp³-hybridized carbons (Fsp3) is 0. The average molecular weight is 793 g/mol. The van der Waals surface area contributed by atoms with E-state index in [0.717, 1.165) is 88.8 Å². The molecule has 3 heterocycles. The summed E-state index contributed by atoms with van der Waals surface area (Å²) in [7, 11) is 0. The monoisotopic (exact) mass is 792 g/mol. The summed E-state index contributed by atoms with van der Waals surface area (Å²) in [6.45, 7) is 0. The van der Waals surface area contributed by atoms with Crippen LogP contribution in [0.3, 0.4) is 0 Å². The molecule has 8 aromatic carbocycles. The molecule has 3 aromatic heterocycles. The zero-order chi connectivity index (χ0) is 41.2. The molecule has 0 radical (unpaired) electrons. The minimum Gasteiger partial charge on any atom is -0.245 e. The maximum atomic E-state index is 5.26. The molecular weight excluding hydrogens is 757 g/mol. The standard InChI is InChI=1S/C56H36N6/c1-5-15-37(16-6-1)44-23-13-25-46(35-44)55-60-54(61-56(62-55)47-26-14-24-45(36-47)38-17-7-2-8-18-38)43-29-27-42(28-30-43)53-58-50(40-21-11-4-12-22-40)48-33-31-41-32-34-49(39-19-9-3-10-20-39)57-51(41)52(48)59-53/h1-36H. The van der Waals surface area contributed by atoms with Gasteiger partial charge in [0.2, 0.25) is 0 Å². The number of aromatic nitrogens is 6. The molecule has 0 aliphatic rings. The number of fused-ring (bicyclic) bond motifs is 3. The van der Waals surface area contributed by atoms with Crippen molar-refractivity contribution in [2.24, 2.45) is 0 Å². The second-order valence-electron chi connectivity index (χ2n) is 15.1. The van der Waals surface area contributed by atoms with Crippen molar-refractivity contribution in [3.8, 4) is 90.3 Å². The molecule has 62 heavy (non-hydrogen) atoms. The molecule has 0 atom stereocenters. The van der Waals surface area contributed by atoms with Crippen LogP contribution in [0.1, 0.15) is 0 Å². The van der Waals surface area contributed by atoms with Crippen LogP contribution in [0.4, 0.5) is 0 Å². The van der Waals surface area contributed by atoms with Crippen LogP contribution in [0.2, 0.25) is 0 Å². The van der Waals surface area contributed by atoms with Crippen molar-refractivity contribution in [1.29, 1.82) is 0 Å². The van der Waals surface area contributed by atoms with E-state index in [0.29, 0.717) is 23.3 Å². The summed E-state index contributed by atoms with van der Waals surface area (Å²) < 4.78 is 0. The van der Waals surface area contributed by atoms with Crippen LogP contribution < -0.4 is 0 Å². The summed E-state index contributed by atoms with van der Waals surface area (Å²) in [5.74, 6) is 2.36. The normalized spacial score (nSPS) is 11.2. The third-order valence-corrected chi connectivity index (χ3v) is 11.1. The third-order valence-electron chi connectivity index (χ3n) is 11.1. The van der Waals surface area contributed by atoms with Crippen molar-refractivity contribution in [2.75, 3.05) is 0 Å². The summed E-state index contributed by atoms with van der Waals surface area (Å²) in [6, 6.07) is 74.6. The SMILES string of the molecule is c1ccc(-c2cccc(-c3nc(-c4ccc(-c5nc(-c6ccccc6)c6ccc7ccc(-c8ccccc8)nc7c6n5)cc4)nc(-c4cccc(-c5ccccc5)c4)n3)c2)cc1. The Morgan fingerprint density at radius 2 is 0.645 bits per heavy atom. The summed E-state index contributed by atoms with van der Waals surface area (Å²) in [5.41, 5.74) is 13.4. The first kappa shape index (κ1) is 36.6. The Morgan fingerprint density at radius 3 is 1.18 bits per heavy atom. The Morgan fingerprint density at radius 1 is 0.226 bits per heavy atom. The molecule has 0 unspecified atom stereocenters. The van der Waals surface area contributed by atoms with E-state index in [4.69, 9.17) is 29.9 Å². The first-order valence-electron chi connectivity index (χ1n) is 20.6. The van der Waals surface area contributed by atoms with Crippen LogP contribution in [0.25, 0.3) is 112 Å². The number of benzene rings is 8. The molecule has 290 valence electrons. The quantitative estimate of drug-likeness (QED) is 0.143. The van der Waals surface area contributed by atoms with E-state index in [1.165, 1.54) is 0 Å². The van der Waals surface area contributed by atoms with E-state index in [9.17, 15) is 0 Å². The molecule has 6 nitrogen and oxygen atoms in total. The van der Waals surface area contributed by atoms with Gasteiger partial charge in [0.25, 0.3) is 0 Å². The van der Waals surface area contributed by atoms with E-state index < -0.39 is 0 Å². The van der Waals surface area contributed by atoms with E-state index in [2.05, 4.69) is 158 Å². The minimum absolute atomic E-state index is 0.569. The molecule has 0 spiro atoms. The lowest BCUT2D eigenvalue weighted by atomic mass is 10.0. The zero-order valence-electron chi connectivity index (χ0n) is 33.5. The van der Waals surface area contributed by atoms with Crippen LogP contribution in [-0.2, 0) is 0 Å². The molecule has 11 aromatic rings. The fourth-order valence-corrected chi connectivity index (χ4v) is 7.96. The molecule has 0 fully saturated rings. The molecule has 0 aliphatic heterocycles. The Kier molecular flexibility index (Phi) is 9.41. The highest BCUT2D eigenvalue weighted by Gasteiger charge is 2.18.